The minimum absolute atomic E-state index is 0.0628. The number of unbranched alkanes of at least 4 members (excludes halogenated alkanes) is 1. The highest BCUT2D eigenvalue weighted by molar-refractivity contribution is 5.88. The Morgan fingerprint density at radius 2 is 0.600 bits per heavy atom. The summed E-state index contributed by atoms with van der Waals surface area (Å²) < 4.78 is 0. The van der Waals surface area contributed by atoms with Gasteiger partial charge >= 0.3 is 53.7 Å². The first kappa shape index (κ1) is 45.1. The lowest BCUT2D eigenvalue weighted by atomic mass is 10.2. The molecular weight excluding hydrogens is 556 g/mol. The van der Waals surface area contributed by atoms with Crippen molar-refractivity contribution >= 4 is 53.7 Å². The maximum atomic E-state index is 9.90. The number of carboxylic acids is 9. The van der Waals surface area contributed by atoms with Crippen molar-refractivity contribution in [2.24, 2.45) is 0 Å². The van der Waals surface area contributed by atoms with Gasteiger partial charge in [0.05, 0.1) is 12.8 Å². The fourth-order valence-electron chi connectivity index (χ4n) is 1.29. The van der Waals surface area contributed by atoms with Crippen molar-refractivity contribution < 1.29 is 94.2 Å². The lowest BCUT2D eigenvalue weighted by molar-refractivity contribution is -0.148. The lowest BCUT2D eigenvalue weighted by Crippen LogP contribution is -2.13. The van der Waals surface area contributed by atoms with E-state index in [1.54, 1.807) is 0 Å². The van der Waals surface area contributed by atoms with Gasteiger partial charge in [0, 0.05) is 25.7 Å². The quantitative estimate of drug-likeness (QED) is 0.0883. The van der Waals surface area contributed by atoms with E-state index < -0.39 is 66.2 Å². The second-order valence-corrected chi connectivity index (χ2v) is 6.90. The number of aliphatic hydroxyl groups is 1. The average molecular weight is 590 g/mol. The number of carboxylic acid groups (broad SMARTS) is 9. The highest BCUT2D eigenvalue weighted by atomic mass is 16.4. The summed E-state index contributed by atoms with van der Waals surface area (Å²) in [5.74, 6) is -9.60. The summed E-state index contributed by atoms with van der Waals surface area (Å²) in [7, 11) is 0. The number of carbonyl (C=O) groups is 9. The highest BCUT2D eigenvalue weighted by Gasteiger charge is 2.03. The van der Waals surface area contributed by atoms with Crippen LogP contribution in [0.1, 0.15) is 71.1 Å². The van der Waals surface area contributed by atoms with Crippen molar-refractivity contribution in [1.82, 2.24) is 0 Å². The number of rotatable bonds is 15. The second-order valence-electron chi connectivity index (χ2n) is 6.90. The normalized spacial score (nSPS) is 9.45. The Morgan fingerprint density at radius 1 is 0.400 bits per heavy atom. The zero-order valence-corrected chi connectivity index (χ0v) is 21.3. The molecule has 232 valence electrons. The predicted octanol–water partition coefficient (Wildman–Crippen LogP) is -0.0248. The fourth-order valence-corrected chi connectivity index (χ4v) is 1.29. The van der Waals surface area contributed by atoms with E-state index in [4.69, 9.17) is 51.1 Å². The maximum absolute atomic E-state index is 9.90. The van der Waals surface area contributed by atoms with Gasteiger partial charge < -0.3 is 51.1 Å². The molecule has 0 saturated heterocycles. The Kier molecular flexibility index (Phi) is 34.3. The molecule has 0 rings (SSSR count). The van der Waals surface area contributed by atoms with Crippen LogP contribution in [0, 0.1) is 0 Å². The van der Waals surface area contributed by atoms with Crippen LogP contribution in [0.4, 0.5) is 0 Å². The zero-order chi connectivity index (χ0) is 32.8. The van der Waals surface area contributed by atoms with Crippen LogP contribution in [0.15, 0.2) is 0 Å². The van der Waals surface area contributed by atoms with Crippen LogP contribution in [0.25, 0.3) is 0 Å². The summed E-state index contributed by atoms with van der Waals surface area (Å²) in [5.41, 5.74) is 0. The Bertz CT molecular complexity index is 759. The minimum atomic E-state index is -1.31. The first-order valence-electron chi connectivity index (χ1n) is 10.8. The van der Waals surface area contributed by atoms with E-state index in [0.717, 1.165) is 0 Å². The van der Waals surface area contributed by atoms with Crippen LogP contribution < -0.4 is 0 Å². The van der Waals surface area contributed by atoms with Gasteiger partial charge in [-0.15, -0.1) is 0 Å². The minimum Gasteiger partial charge on any atom is -0.481 e. The Morgan fingerprint density at radius 3 is 0.725 bits per heavy atom. The number of aliphatic carboxylic acids is 9. The van der Waals surface area contributed by atoms with E-state index in [1.165, 1.54) is 6.92 Å². The Hall–Kier alpha value is -4.81. The van der Waals surface area contributed by atoms with Crippen LogP contribution in [0.5, 0.6) is 0 Å². The standard InChI is InChI=1S/C6H10O4.C5H8O4.C4H6O4.C3H4O4.C3H6O3/c7-5(8)3-1-2-4-6(9)10;6-4(7)2-1-3-5(8)9;5-3(6)1-2-4(7)8;4-2(5)1-3(6)7;1-2(4)3(5)6/h1-4H2,(H,7,8)(H,9,10);1-3H2,(H,6,7)(H,8,9);1-2H2,(H,5,6)(H,7,8);1H2,(H,4,5)(H,6,7);2,4H,1H3,(H,5,6). The summed E-state index contributed by atoms with van der Waals surface area (Å²) in [6.45, 7) is 1.20. The molecule has 0 aliphatic heterocycles. The van der Waals surface area contributed by atoms with Gasteiger partial charge in [0.2, 0.25) is 0 Å². The smallest absolute Gasteiger partial charge is 0.332 e. The first-order valence-corrected chi connectivity index (χ1v) is 10.8. The third kappa shape index (κ3) is 76.6. The molecule has 1 unspecified atom stereocenters. The molecule has 0 amide bonds. The molecule has 0 bridgehead atoms. The summed E-state index contributed by atoms with van der Waals surface area (Å²) in [6, 6.07) is 0. The SMILES string of the molecule is CC(O)C(=O)O.O=C(O)CC(=O)O.O=C(O)CCC(=O)O.O=C(O)CCCC(=O)O.O=C(O)CCCCC(=O)O. The van der Waals surface area contributed by atoms with Crippen LogP contribution in [0.3, 0.4) is 0 Å². The van der Waals surface area contributed by atoms with E-state index in [2.05, 4.69) is 0 Å². The van der Waals surface area contributed by atoms with Gasteiger partial charge in [-0.05, 0) is 26.2 Å². The van der Waals surface area contributed by atoms with E-state index in [1.807, 2.05) is 0 Å². The number of hydrogen-bond acceptors (Lipinski definition) is 10. The van der Waals surface area contributed by atoms with Crippen molar-refractivity contribution in [3.05, 3.63) is 0 Å². The summed E-state index contributed by atoms with van der Waals surface area (Å²) in [4.78, 5) is 87.0. The molecule has 0 radical (unpaired) electrons. The molecule has 19 heteroatoms. The fraction of sp³-hybridized carbons (Fsp3) is 0.571. The Labute approximate surface area is 225 Å². The molecule has 0 saturated carbocycles. The van der Waals surface area contributed by atoms with Crippen LogP contribution in [0.2, 0.25) is 0 Å². The van der Waals surface area contributed by atoms with Crippen molar-refractivity contribution in [3.63, 3.8) is 0 Å². The molecule has 1 atom stereocenters. The van der Waals surface area contributed by atoms with Crippen molar-refractivity contribution in [2.75, 3.05) is 0 Å². The summed E-state index contributed by atoms with van der Waals surface area (Å²) in [5, 5.41) is 79.3. The predicted molar refractivity (Wildman–Crippen MR) is 127 cm³/mol. The molecule has 0 aromatic carbocycles. The van der Waals surface area contributed by atoms with Crippen molar-refractivity contribution in [3.8, 4) is 0 Å². The molecule has 40 heavy (non-hydrogen) atoms. The first-order chi connectivity index (χ1) is 18.1. The van der Waals surface area contributed by atoms with Gasteiger partial charge in [0.15, 0.2) is 0 Å². The van der Waals surface area contributed by atoms with Crippen LogP contribution in [-0.2, 0) is 43.2 Å². The topological polar surface area (TPSA) is 356 Å². The third-order valence-electron chi connectivity index (χ3n) is 3.03. The number of hydrogen-bond donors (Lipinski definition) is 10. The molecule has 0 aromatic rings. The van der Waals surface area contributed by atoms with E-state index in [9.17, 15) is 43.2 Å². The molecule has 0 spiro atoms. The van der Waals surface area contributed by atoms with Crippen LogP contribution in [-0.4, -0.2) is 111 Å². The van der Waals surface area contributed by atoms with Crippen molar-refractivity contribution in [2.45, 2.75) is 77.2 Å². The monoisotopic (exact) mass is 590 g/mol. The van der Waals surface area contributed by atoms with E-state index in [-0.39, 0.29) is 44.9 Å². The van der Waals surface area contributed by atoms with Gasteiger partial charge in [0.1, 0.15) is 12.5 Å². The van der Waals surface area contributed by atoms with Gasteiger partial charge in [-0.2, -0.15) is 0 Å². The molecule has 0 aliphatic rings. The van der Waals surface area contributed by atoms with E-state index in [0.29, 0.717) is 12.8 Å². The van der Waals surface area contributed by atoms with Crippen molar-refractivity contribution in [1.29, 1.82) is 0 Å². The molecule has 0 aromatic heterocycles. The zero-order valence-electron chi connectivity index (χ0n) is 21.3. The summed E-state index contributed by atoms with van der Waals surface area (Å²) >= 11 is 0. The lowest BCUT2D eigenvalue weighted by Gasteiger charge is -1.92. The maximum Gasteiger partial charge on any atom is 0.332 e. The van der Waals surface area contributed by atoms with E-state index >= 15 is 0 Å². The van der Waals surface area contributed by atoms with Gasteiger partial charge in [-0.1, -0.05) is 0 Å². The highest BCUT2D eigenvalue weighted by Crippen LogP contribution is 1.98. The van der Waals surface area contributed by atoms with Gasteiger partial charge in [0.25, 0.3) is 0 Å². The molecule has 0 aliphatic carbocycles. The molecular formula is C21H34O19. The Balaban J connectivity index is -0.000000129. The van der Waals surface area contributed by atoms with Gasteiger partial charge in [-0.25, -0.2) is 4.79 Å². The van der Waals surface area contributed by atoms with Crippen LogP contribution >= 0.6 is 0 Å². The van der Waals surface area contributed by atoms with Gasteiger partial charge in [-0.3, -0.25) is 38.4 Å². The molecule has 19 nitrogen and oxygen atoms in total. The molecule has 0 heterocycles. The third-order valence-corrected chi connectivity index (χ3v) is 3.03. The second kappa shape index (κ2) is 30.4. The molecule has 10 N–H and O–H groups in total. The number of aliphatic hydroxyl groups excluding tert-OH is 1. The summed E-state index contributed by atoms with van der Waals surface area (Å²) in [6.07, 6.45) is -1.53. The molecule has 0 fully saturated rings. The largest absolute Gasteiger partial charge is 0.481 e. The average Bonchev–Trinajstić information content (AvgIpc) is 2.75.